The van der Waals surface area contributed by atoms with E-state index in [1.165, 1.54) is 23.5 Å². The number of aromatic nitrogens is 1. The first-order chi connectivity index (χ1) is 13.5. The molecule has 7 heteroatoms. The fourth-order valence-electron chi connectivity index (χ4n) is 2.83. The number of ether oxygens (including phenoxy) is 2. The molecule has 3 aromatic rings. The van der Waals surface area contributed by atoms with Gasteiger partial charge in [0.05, 0.1) is 19.9 Å². The molecular formula is C21H21FN2O3S. The van der Waals surface area contributed by atoms with Crippen molar-refractivity contribution < 1.29 is 18.7 Å². The maximum atomic E-state index is 13.1. The first-order valence-corrected chi connectivity index (χ1v) is 9.56. The highest BCUT2D eigenvalue weighted by Gasteiger charge is 2.13. The second-order valence-electron chi connectivity index (χ2n) is 6.16. The van der Waals surface area contributed by atoms with E-state index in [1.807, 2.05) is 25.1 Å². The Labute approximate surface area is 167 Å². The molecule has 0 saturated carbocycles. The van der Waals surface area contributed by atoms with Gasteiger partial charge >= 0.3 is 0 Å². The summed E-state index contributed by atoms with van der Waals surface area (Å²) in [6, 6.07) is 11.7. The van der Waals surface area contributed by atoms with Gasteiger partial charge in [0.25, 0.3) is 0 Å². The van der Waals surface area contributed by atoms with Crippen LogP contribution in [0.25, 0.3) is 11.3 Å². The highest BCUT2D eigenvalue weighted by atomic mass is 32.1. The molecule has 3 rings (SSSR count). The Kier molecular flexibility index (Phi) is 6.26. The van der Waals surface area contributed by atoms with Crippen molar-refractivity contribution in [2.45, 2.75) is 19.8 Å². The van der Waals surface area contributed by atoms with E-state index in [9.17, 15) is 9.18 Å². The summed E-state index contributed by atoms with van der Waals surface area (Å²) in [7, 11) is 3.20. The lowest BCUT2D eigenvalue weighted by atomic mass is 10.1. The van der Waals surface area contributed by atoms with E-state index in [2.05, 4.69) is 10.3 Å². The fourth-order valence-corrected chi connectivity index (χ4v) is 3.68. The van der Waals surface area contributed by atoms with Crippen LogP contribution in [0.15, 0.2) is 42.5 Å². The number of carbonyl (C=O) groups is 1. The van der Waals surface area contributed by atoms with E-state index in [1.54, 1.807) is 26.4 Å². The largest absolute Gasteiger partial charge is 0.497 e. The average molecular weight is 400 g/mol. The van der Waals surface area contributed by atoms with Gasteiger partial charge in [-0.15, -0.1) is 11.3 Å². The van der Waals surface area contributed by atoms with Crippen LogP contribution < -0.4 is 14.8 Å². The first-order valence-electron chi connectivity index (χ1n) is 8.74. The number of hydrogen-bond acceptors (Lipinski definition) is 5. The van der Waals surface area contributed by atoms with E-state index in [0.29, 0.717) is 11.6 Å². The molecule has 146 valence electrons. The summed E-state index contributed by atoms with van der Waals surface area (Å²) in [6.07, 6.45) is 0.801. The summed E-state index contributed by atoms with van der Waals surface area (Å²) in [4.78, 5) is 17.8. The van der Waals surface area contributed by atoms with Crippen molar-refractivity contribution in [1.82, 2.24) is 4.98 Å². The molecule has 1 amide bonds. The maximum Gasteiger partial charge on any atom is 0.226 e. The molecule has 0 saturated heterocycles. The highest BCUT2D eigenvalue weighted by Crippen LogP contribution is 2.31. The zero-order valence-corrected chi connectivity index (χ0v) is 16.7. The molecule has 0 atom stereocenters. The number of benzene rings is 2. The van der Waals surface area contributed by atoms with Crippen molar-refractivity contribution in [1.29, 1.82) is 0 Å². The minimum Gasteiger partial charge on any atom is -0.497 e. The lowest BCUT2D eigenvalue weighted by molar-refractivity contribution is -0.116. The van der Waals surface area contributed by atoms with Crippen LogP contribution in [0.1, 0.15) is 16.9 Å². The molecule has 1 aromatic heterocycles. The van der Waals surface area contributed by atoms with Crippen LogP contribution in [0.3, 0.4) is 0 Å². The van der Waals surface area contributed by atoms with Crippen LogP contribution >= 0.6 is 11.3 Å². The molecular weight excluding hydrogens is 379 g/mol. The smallest absolute Gasteiger partial charge is 0.226 e. The molecule has 0 spiro atoms. The lowest BCUT2D eigenvalue weighted by Gasteiger charge is -2.10. The molecule has 0 radical (unpaired) electrons. The Morgan fingerprint density at radius 1 is 1.14 bits per heavy atom. The average Bonchev–Trinajstić information content (AvgIpc) is 3.06. The van der Waals surface area contributed by atoms with Gasteiger partial charge in [-0.3, -0.25) is 4.79 Å². The van der Waals surface area contributed by atoms with Crippen molar-refractivity contribution >= 4 is 22.4 Å². The van der Waals surface area contributed by atoms with Gasteiger partial charge in [-0.1, -0.05) is 0 Å². The SMILES string of the molecule is COc1ccc(OC)c(CCC(=O)Nc2nc(-c3ccc(F)cc3)c(C)s2)c1. The van der Waals surface area contributed by atoms with Crippen molar-refractivity contribution in [2.24, 2.45) is 0 Å². The normalized spacial score (nSPS) is 10.6. The van der Waals surface area contributed by atoms with Crippen LogP contribution in [0, 0.1) is 12.7 Å². The predicted octanol–water partition coefficient (Wildman–Crippen LogP) is 4.85. The second-order valence-corrected chi connectivity index (χ2v) is 7.36. The van der Waals surface area contributed by atoms with Crippen molar-refractivity contribution in [3.05, 3.63) is 58.7 Å². The molecule has 5 nitrogen and oxygen atoms in total. The summed E-state index contributed by atoms with van der Waals surface area (Å²) in [5.41, 5.74) is 2.46. The third-order valence-corrected chi connectivity index (χ3v) is 5.16. The van der Waals surface area contributed by atoms with Gasteiger partial charge in [0.15, 0.2) is 5.13 Å². The van der Waals surface area contributed by atoms with Crippen molar-refractivity contribution in [3.8, 4) is 22.8 Å². The van der Waals surface area contributed by atoms with Gasteiger partial charge in [0, 0.05) is 16.9 Å². The molecule has 1 N–H and O–H groups in total. The summed E-state index contributed by atoms with van der Waals surface area (Å²) in [5.74, 6) is 1.01. The van der Waals surface area contributed by atoms with E-state index >= 15 is 0 Å². The molecule has 0 aliphatic carbocycles. The lowest BCUT2D eigenvalue weighted by Crippen LogP contribution is -2.12. The number of amides is 1. The Hall–Kier alpha value is -2.93. The van der Waals surface area contributed by atoms with Gasteiger partial charge in [-0.05, 0) is 61.4 Å². The molecule has 28 heavy (non-hydrogen) atoms. The molecule has 2 aromatic carbocycles. The van der Waals surface area contributed by atoms with Crippen molar-refractivity contribution in [3.63, 3.8) is 0 Å². The van der Waals surface area contributed by atoms with Gasteiger partial charge < -0.3 is 14.8 Å². The molecule has 0 unspecified atom stereocenters. The van der Waals surface area contributed by atoms with Gasteiger partial charge in [-0.2, -0.15) is 0 Å². The Morgan fingerprint density at radius 3 is 2.57 bits per heavy atom. The zero-order valence-electron chi connectivity index (χ0n) is 15.9. The maximum absolute atomic E-state index is 13.1. The van der Waals surface area contributed by atoms with Crippen LogP contribution in [0.5, 0.6) is 11.5 Å². The third kappa shape index (κ3) is 4.67. The van der Waals surface area contributed by atoms with Gasteiger partial charge in [0.2, 0.25) is 5.91 Å². The zero-order chi connectivity index (χ0) is 20.1. The number of carbonyl (C=O) groups excluding carboxylic acids is 1. The first kappa shape index (κ1) is 19.8. The minimum atomic E-state index is -0.293. The Bertz CT molecular complexity index is 970. The monoisotopic (exact) mass is 400 g/mol. The summed E-state index contributed by atoms with van der Waals surface area (Å²) >= 11 is 1.40. The van der Waals surface area contributed by atoms with Crippen LogP contribution in [0.2, 0.25) is 0 Å². The van der Waals surface area contributed by atoms with E-state index < -0.39 is 0 Å². The standard InChI is InChI=1S/C21H21FN2O3S/c1-13-20(14-4-7-16(22)8-5-14)24-21(28-13)23-19(25)11-6-15-12-17(26-2)9-10-18(15)27-3/h4-5,7-10,12H,6,11H2,1-3H3,(H,23,24,25). The van der Waals surface area contributed by atoms with E-state index in [0.717, 1.165) is 33.2 Å². The third-order valence-electron chi connectivity index (χ3n) is 4.27. The summed E-state index contributed by atoms with van der Waals surface area (Å²) in [6.45, 7) is 1.92. The topological polar surface area (TPSA) is 60.5 Å². The minimum absolute atomic E-state index is 0.135. The van der Waals surface area contributed by atoms with Crippen LogP contribution in [-0.2, 0) is 11.2 Å². The number of methoxy groups -OCH3 is 2. The number of thiazole rings is 1. The Balaban J connectivity index is 1.66. The van der Waals surface area contributed by atoms with Crippen molar-refractivity contribution in [2.75, 3.05) is 19.5 Å². The molecule has 0 bridgehead atoms. The number of rotatable bonds is 7. The van der Waals surface area contributed by atoms with Crippen LogP contribution in [-0.4, -0.2) is 25.1 Å². The highest BCUT2D eigenvalue weighted by molar-refractivity contribution is 7.16. The van der Waals surface area contributed by atoms with Crippen LogP contribution in [0.4, 0.5) is 9.52 Å². The number of aryl methyl sites for hydroxylation is 2. The number of anilines is 1. The summed E-state index contributed by atoms with van der Waals surface area (Å²) < 4.78 is 23.7. The summed E-state index contributed by atoms with van der Waals surface area (Å²) in [5, 5.41) is 3.37. The second kappa shape index (κ2) is 8.84. The predicted molar refractivity (Wildman–Crippen MR) is 109 cm³/mol. The van der Waals surface area contributed by atoms with E-state index in [-0.39, 0.29) is 18.1 Å². The van der Waals surface area contributed by atoms with Gasteiger partial charge in [0.1, 0.15) is 17.3 Å². The number of nitrogens with zero attached hydrogens (tertiary/aromatic N) is 1. The molecule has 0 aliphatic rings. The fraction of sp³-hybridized carbons (Fsp3) is 0.238. The molecule has 0 fully saturated rings. The number of nitrogens with one attached hydrogen (secondary N) is 1. The molecule has 0 aliphatic heterocycles. The number of halogens is 1. The quantitative estimate of drug-likeness (QED) is 0.616. The molecule has 1 heterocycles. The van der Waals surface area contributed by atoms with Gasteiger partial charge in [-0.25, -0.2) is 9.37 Å². The Morgan fingerprint density at radius 2 is 1.89 bits per heavy atom. The number of hydrogen-bond donors (Lipinski definition) is 1. The van der Waals surface area contributed by atoms with E-state index in [4.69, 9.17) is 9.47 Å².